The lowest BCUT2D eigenvalue weighted by atomic mass is 10.6. The van der Waals surface area contributed by atoms with Crippen molar-refractivity contribution in [1.29, 1.82) is 0 Å². The largest absolute Gasteiger partial charge is 0.522 e. The predicted octanol–water partition coefficient (Wildman–Crippen LogP) is 1.15. The van der Waals surface area contributed by atoms with Crippen molar-refractivity contribution in [2.45, 2.75) is 13.3 Å². The monoisotopic (exact) mass is 201 g/mol. The van der Waals surface area contributed by atoms with Crippen LogP contribution in [0.15, 0.2) is 0 Å². The van der Waals surface area contributed by atoms with Gasteiger partial charge in [-0.3, -0.25) is 4.74 Å². The maximum absolute atomic E-state index is 11.4. The Hall–Kier alpha value is -0.330. The molecule has 0 aliphatic rings. The van der Waals surface area contributed by atoms with Gasteiger partial charge in [0.15, 0.2) is 0 Å². The van der Waals surface area contributed by atoms with Gasteiger partial charge in [0.05, 0.1) is 13.2 Å². The molecule has 0 atom stereocenters. The van der Waals surface area contributed by atoms with Gasteiger partial charge in [0.1, 0.15) is 0 Å². The van der Waals surface area contributed by atoms with E-state index in [-0.39, 0.29) is 13.2 Å². The summed E-state index contributed by atoms with van der Waals surface area (Å²) < 4.78 is 42.7. The van der Waals surface area contributed by atoms with Crippen LogP contribution in [0.4, 0.5) is 13.2 Å². The molecule has 0 aliphatic carbocycles. The fourth-order valence-electron chi connectivity index (χ4n) is 0.653. The second-order valence-electron chi connectivity index (χ2n) is 2.24. The first-order valence-electron chi connectivity index (χ1n) is 4.05. The van der Waals surface area contributed by atoms with Crippen molar-refractivity contribution in [3.8, 4) is 0 Å². The summed E-state index contributed by atoms with van der Waals surface area (Å²) >= 11 is 0. The average molecular weight is 201 g/mol. The lowest BCUT2D eigenvalue weighted by Gasteiger charge is -2.07. The second kappa shape index (κ2) is 7.11. The van der Waals surface area contributed by atoms with Gasteiger partial charge in [-0.2, -0.15) is 0 Å². The molecule has 0 saturated heterocycles. The van der Waals surface area contributed by atoms with E-state index in [9.17, 15) is 13.2 Å². The van der Waals surface area contributed by atoms with Gasteiger partial charge in [-0.05, 0) is 6.92 Å². The van der Waals surface area contributed by atoms with Gasteiger partial charge >= 0.3 is 6.36 Å². The first kappa shape index (κ1) is 12.7. The van der Waals surface area contributed by atoms with Crippen molar-refractivity contribution in [3.63, 3.8) is 0 Å². The number of alkyl halides is 3. The SMILES string of the molecule is CCOCCNCCOC(F)(F)F. The fraction of sp³-hybridized carbons (Fsp3) is 1.00. The van der Waals surface area contributed by atoms with Crippen LogP contribution in [0.25, 0.3) is 0 Å². The van der Waals surface area contributed by atoms with E-state index in [1.54, 1.807) is 0 Å². The van der Waals surface area contributed by atoms with E-state index in [1.165, 1.54) is 0 Å². The van der Waals surface area contributed by atoms with Crippen LogP contribution in [-0.2, 0) is 9.47 Å². The van der Waals surface area contributed by atoms with E-state index < -0.39 is 6.36 Å². The van der Waals surface area contributed by atoms with Crippen LogP contribution in [0.3, 0.4) is 0 Å². The van der Waals surface area contributed by atoms with E-state index in [0.29, 0.717) is 19.8 Å². The van der Waals surface area contributed by atoms with Crippen molar-refractivity contribution >= 4 is 0 Å². The van der Waals surface area contributed by atoms with Gasteiger partial charge in [-0.1, -0.05) is 0 Å². The molecule has 0 amide bonds. The molecule has 0 saturated carbocycles. The molecule has 0 spiro atoms. The Balaban J connectivity index is 3.00. The lowest BCUT2D eigenvalue weighted by Crippen LogP contribution is -2.26. The summed E-state index contributed by atoms with van der Waals surface area (Å²) in [5, 5.41) is 2.74. The molecule has 3 nitrogen and oxygen atoms in total. The van der Waals surface area contributed by atoms with Gasteiger partial charge in [-0.15, -0.1) is 13.2 Å². The number of hydrogen-bond acceptors (Lipinski definition) is 3. The average Bonchev–Trinajstić information content (AvgIpc) is 2.01. The molecule has 0 aliphatic heterocycles. The van der Waals surface area contributed by atoms with E-state index in [4.69, 9.17) is 4.74 Å². The highest BCUT2D eigenvalue weighted by Crippen LogP contribution is 2.14. The number of rotatable bonds is 7. The van der Waals surface area contributed by atoms with Crippen molar-refractivity contribution in [2.75, 3.05) is 32.9 Å². The van der Waals surface area contributed by atoms with Crippen molar-refractivity contribution in [2.24, 2.45) is 0 Å². The lowest BCUT2D eigenvalue weighted by molar-refractivity contribution is -0.323. The summed E-state index contributed by atoms with van der Waals surface area (Å²) in [5.41, 5.74) is 0. The summed E-state index contributed by atoms with van der Waals surface area (Å²) in [6.07, 6.45) is -4.53. The third-order valence-corrected chi connectivity index (χ3v) is 1.17. The third kappa shape index (κ3) is 11.7. The fourth-order valence-corrected chi connectivity index (χ4v) is 0.653. The zero-order chi connectivity index (χ0) is 10.2. The van der Waals surface area contributed by atoms with Crippen LogP contribution in [0.1, 0.15) is 6.92 Å². The predicted molar refractivity (Wildman–Crippen MR) is 41.4 cm³/mol. The van der Waals surface area contributed by atoms with E-state index in [1.807, 2.05) is 6.92 Å². The van der Waals surface area contributed by atoms with Crippen LogP contribution in [0.2, 0.25) is 0 Å². The van der Waals surface area contributed by atoms with Gasteiger partial charge in [0.2, 0.25) is 0 Å². The highest BCUT2D eigenvalue weighted by molar-refractivity contribution is 4.44. The number of halogens is 3. The zero-order valence-corrected chi connectivity index (χ0v) is 7.49. The van der Waals surface area contributed by atoms with Crippen molar-refractivity contribution in [1.82, 2.24) is 5.32 Å². The summed E-state index contributed by atoms with van der Waals surface area (Å²) in [5.74, 6) is 0. The molecule has 80 valence electrons. The summed E-state index contributed by atoms with van der Waals surface area (Å²) in [6.45, 7) is 3.31. The van der Waals surface area contributed by atoms with Crippen LogP contribution in [-0.4, -0.2) is 39.3 Å². The topological polar surface area (TPSA) is 30.5 Å². The minimum Gasteiger partial charge on any atom is -0.380 e. The Morgan fingerprint density at radius 3 is 2.31 bits per heavy atom. The Bertz CT molecular complexity index is 119. The molecule has 0 rings (SSSR count). The Morgan fingerprint density at radius 2 is 1.77 bits per heavy atom. The molecule has 13 heavy (non-hydrogen) atoms. The second-order valence-corrected chi connectivity index (χ2v) is 2.24. The van der Waals surface area contributed by atoms with Gasteiger partial charge in [-0.25, -0.2) is 0 Å². The molecule has 0 heterocycles. The van der Waals surface area contributed by atoms with Crippen LogP contribution >= 0.6 is 0 Å². The number of nitrogens with one attached hydrogen (secondary N) is 1. The quantitative estimate of drug-likeness (QED) is 0.627. The van der Waals surface area contributed by atoms with Crippen LogP contribution in [0.5, 0.6) is 0 Å². The minimum absolute atomic E-state index is 0.173. The molecular weight excluding hydrogens is 187 g/mol. The van der Waals surface area contributed by atoms with Crippen molar-refractivity contribution in [3.05, 3.63) is 0 Å². The Labute approximate surface area is 75.2 Å². The van der Waals surface area contributed by atoms with Crippen LogP contribution < -0.4 is 5.32 Å². The van der Waals surface area contributed by atoms with E-state index >= 15 is 0 Å². The summed E-state index contributed by atoms with van der Waals surface area (Å²) in [7, 11) is 0. The molecular formula is C7H14F3NO2. The molecule has 0 aromatic carbocycles. The number of ether oxygens (including phenoxy) is 2. The molecule has 1 N–H and O–H groups in total. The van der Waals surface area contributed by atoms with E-state index in [2.05, 4.69) is 10.1 Å². The third-order valence-electron chi connectivity index (χ3n) is 1.17. The van der Waals surface area contributed by atoms with Crippen LogP contribution in [0, 0.1) is 0 Å². The normalized spacial score (nSPS) is 12.0. The molecule has 0 aromatic rings. The van der Waals surface area contributed by atoms with Gasteiger partial charge in [0, 0.05) is 19.7 Å². The maximum atomic E-state index is 11.4. The van der Waals surface area contributed by atoms with Gasteiger partial charge in [0.25, 0.3) is 0 Å². The highest BCUT2D eigenvalue weighted by Gasteiger charge is 2.28. The smallest absolute Gasteiger partial charge is 0.380 e. The number of hydrogen-bond donors (Lipinski definition) is 1. The first-order chi connectivity index (χ1) is 6.06. The summed E-state index contributed by atoms with van der Waals surface area (Å²) in [6, 6.07) is 0. The molecule has 0 aromatic heterocycles. The summed E-state index contributed by atoms with van der Waals surface area (Å²) in [4.78, 5) is 0. The first-order valence-corrected chi connectivity index (χ1v) is 4.05. The molecule has 0 bridgehead atoms. The maximum Gasteiger partial charge on any atom is 0.522 e. The minimum atomic E-state index is -4.53. The van der Waals surface area contributed by atoms with Gasteiger partial charge < -0.3 is 10.1 Å². The molecule has 6 heteroatoms. The Kier molecular flexibility index (Phi) is 6.93. The highest BCUT2D eigenvalue weighted by atomic mass is 19.4. The molecule has 0 fully saturated rings. The van der Waals surface area contributed by atoms with E-state index in [0.717, 1.165) is 0 Å². The standard InChI is InChI=1S/C7H14F3NO2/c1-2-12-5-3-11-4-6-13-7(8,9)10/h11H,2-6H2,1H3. The zero-order valence-electron chi connectivity index (χ0n) is 7.49. The molecule has 0 unspecified atom stereocenters. The Morgan fingerprint density at radius 1 is 1.15 bits per heavy atom. The van der Waals surface area contributed by atoms with Crippen molar-refractivity contribution < 1.29 is 22.6 Å². The molecule has 0 radical (unpaired) electrons.